The van der Waals surface area contributed by atoms with Gasteiger partial charge in [-0.3, -0.25) is 0 Å². The Kier molecular flexibility index (Phi) is 5.63. The van der Waals surface area contributed by atoms with Crippen molar-refractivity contribution in [1.82, 2.24) is 0 Å². The highest BCUT2D eigenvalue weighted by Gasteiger charge is 2.52. The largest absolute Gasteiger partial charge is 0.491 e. The highest BCUT2D eigenvalue weighted by Crippen LogP contribution is 2.39. The van der Waals surface area contributed by atoms with Gasteiger partial charge in [-0.05, 0) is 50.4 Å². The summed E-state index contributed by atoms with van der Waals surface area (Å²) >= 11 is 4.41. The third-order valence-corrected chi connectivity index (χ3v) is 4.85. The van der Waals surface area contributed by atoms with E-state index in [2.05, 4.69) is 12.6 Å². The maximum Gasteiger partial charge on any atom is 0.491 e. The van der Waals surface area contributed by atoms with Crippen LogP contribution in [0.3, 0.4) is 0 Å². The maximum absolute atomic E-state index is 10.8. The number of carbonyl (C=O) groups is 1. The van der Waals surface area contributed by atoms with Gasteiger partial charge in [-0.1, -0.05) is 30.3 Å². The van der Waals surface area contributed by atoms with Gasteiger partial charge < -0.3 is 14.4 Å². The summed E-state index contributed by atoms with van der Waals surface area (Å²) in [5.74, 6) is -0.498. The molecule has 1 aromatic rings. The van der Waals surface area contributed by atoms with Gasteiger partial charge >= 0.3 is 13.1 Å². The van der Waals surface area contributed by atoms with Crippen LogP contribution in [-0.2, 0) is 14.1 Å². The molecule has 4 nitrogen and oxygen atoms in total. The number of carboxylic acid groups (broad SMARTS) is 1. The monoisotopic (exact) mass is 346 g/mol. The summed E-state index contributed by atoms with van der Waals surface area (Å²) in [5.41, 5.74) is 1.78. The lowest BCUT2D eigenvalue weighted by Crippen LogP contribution is -2.41. The summed E-state index contributed by atoms with van der Waals surface area (Å²) in [6.45, 7) is 8.03. The van der Waals surface area contributed by atoms with Gasteiger partial charge in [-0.2, -0.15) is 12.6 Å². The molecule has 0 spiro atoms. The average molecular weight is 346 g/mol. The Morgan fingerprint density at radius 2 is 1.71 bits per heavy atom. The fraction of sp³-hybridized carbons (Fsp3) is 0.389. The summed E-state index contributed by atoms with van der Waals surface area (Å²) in [5, 5.41) is 8.83. The van der Waals surface area contributed by atoms with Crippen molar-refractivity contribution in [3.05, 3.63) is 46.9 Å². The van der Waals surface area contributed by atoms with Crippen LogP contribution < -0.4 is 0 Å². The molecule has 128 valence electrons. The summed E-state index contributed by atoms with van der Waals surface area (Å²) in [6.07, 6.45) is 4.66. The molecule has 0 radical (unpaired) electrons. The molecule has 1 heterocycles. The normalized spacial score (nSPS) is 19.9. The molecular weight excluding hydrogens is 323 g/mol. The first kappa shape index (κ1) is 18.8. The van der Waals surface area contributed by atoms with E-state index in [-0.39, 0.29) is 0 Å². The van der Waals surface area contributed by atoms with E-state index in [1.165, 1.54) is 0 Å². The molecule has 0 saturated carbocycles. The van der Waals surface area contributed by atoms with Crippen molar-refractivity contribution in [2.75, 3.05) is 5.75 Å². The fourth-order valence-electron chi connectivity index (χ4n) is 2.34. The Hall–Kier alpha value is -1.50. The fourth-order valence-corrected chi connectivity index (χ4v) is 2.58. The SMILES string of the molecule is CC1(C)OB(C(=Cc2ccccc2/C=C/C(=O)O)CS)OC1(C)C. The third-order valence-electron chi connectivity index (χ3n) is 4.48. The highest BCUT2D eigenvalue weighted by molar-refractivity contribution is 7.80. The van der Waals surface area contributed by atoms with Crippen molar-refractivity contribution in [3.8, 4) is 0 Å². The topological polar surface area (TPSA) is 55.8 Å². The second kappa shape index (κ2) is 7.17. The molecule has 24 heavy (non-hydrogen) atoms. The van der Waals surface area contributed by atoms with Crippen LogP contribution in [-0.4, -0.2) is 35.1 Å². The first-order valence-electron chi connectivity index (χ1n) is 7.83. The van der Waals surface area contributed by atoms with Crippen molar-refractivity contribution in [3.63, 3.8) is 0 Å². The van der Waals surface area contributed by atoms with E-state index >= 15 is 0 Å². The second-order valence-corrected chi connectivity index (χ2v) is 7.08. The van der Waals surface area contributed by atoms with Crippen LogP contribution in [0.25, 0.3) is 12.2 Å². The number of aliphatic carboxylic acids is 1. The number of hydrogen-bond acceptors (Lipinski definition) is 4. The molecule has 0 amide bonds. The summed E-state index contributed by atoms with van der Waals surface area (Å²) in [4.78, 5) is 10.8. The van der Waals surface area contributed by atoms with E-state index in [4.69, 9.17) is 14.4 Å². The number of hydrogen-bond donors (Lipinski definition) is 2. The van der Waals surface area contributed by atoms with Crippen molar-refractivity contribution >= 4 is 37.9 Å². The summed E-state index contributed by atoms with van der Waals surface area (Å²) in [6, 6.07) is 7.57. The number of carboxylic acids is 1. The van der Waals surface area contributed by atoms with Crippen LogP contribution in [0.1, 0.15) is 38.8 Å². The van der Waals surface area contributed by atoms with Gasteiger partial charge in [0.05, 0.1) is 11.2 Å². The zero-order chi connectivity index (χ0) is 18.0. The molecular formula is C18H23BO4S. The molecule has 1 aliphatic heterocycles. The van der Waals surface area contributed by atoms with Gasteiger partial charge in [-0.25, -0.2) is 4.79 Å². The van der Waals surface area contributed by atoms with Gasteiger partial charge in [0.1, 0.15) is 0 Å². The van der Waals surface area contributed by atoms with Crippen molar-refractivity contribution in [2.45, 2.75) is 38.9 Å². The molecule has 0 unspecified atom stereocenters. The molecule has 2 rings (SSSR count). The predicted molar refractivity (Wildman–Crippen MR) is 101 cm³/mol. The lowest BCUT2D eigenvalue weighted by Gasteiger charge is -2.32. The first-order valence-corrected chi connectivity index (χ1v) is 8.46. The molecule has 0 atom stereocenters. The standard InChI is InChI=1S/C18H23BO4S/c1-17(2)18(3,4)23-19(22-17)15(12-24)11-14-8-6-5-7-13(14)9-10-16(20)21/h5-11,24H,12H2,1-4H3,(H,20,21)/b10-9+,15-11?. The minimum absolute atomic E-state index is 0.414. The van der Waals surface area contributed by atoms with Crippen molar-refractivity contribution in [2.24, 2.45) is 0 Å². The highest BCUT2D eigenvalue weighted by atomic mass is 32.1. The molecule has 6 heteroatoms. The van der Waals surface area contributed by atoms with E-state index in [0.717, 1.165) is 22.7 Å². The lowest BCUT2D eigenvalue weighted by molar-refractivity contribution is -0.131. The Morgan fingerprint density at radius 1 is 1.17 bits per heavy atom. The summed E-state index contributed by atoms with van der Waals surface area (Å²) < 4.78 is 12.2. The molecule has 1 N–H and O–H groups in total. The van der Waals surface area contributed by atoms with E-state index in [9.17, 15) is 4.79 Å². The van der Waals surface area contributed by atoms with Gasteiger partial charge in [0.2, 0.25) is 0 Å². The zero-order valence-electron chi connectivity index (χ0n) is 14.4. The van der Waals surface area contributed by atoms with Crippen molar-refractivity contribution < 1.29 is 19.2 Å². The van der Waals surface area contributed by atoms with E-state index < -0.39 is 24.3 Å². The van der Waals surface area contributed by atoms with Crippen LogP contribution in [0, 0.1) is 0 Å². The predicted octanol–water partition coefficient (Wildman–Crippen LogP) is 3.73. The summed E-state index contributed by atoms with van der Waals surface area (Å²) in [7, 11) is -0.469. The number of benzene rings is 1. The minimum Gasteiger partial charge on any atom is -0.478 e. The molecule has 1 fully saturated rings. The molecule has 1 aromatic carbocycles. The second-order valence-electron chi connectivity index (χ2n) is 6.77. The van der Waals surface area contributed by atoms with Crippen LogP contribution in [0.4, 0.5) is 0 Å². The molecule has 1 saturated heterocycles. The quantitative estimate of drug-likeness (QED) is 0.485. The van der Waals surface area contributed by atoms with Gasteiger partial charge in [-0.15, -0.1) is 0 Å². The van der Waals surface area contributed by atoms with E-state index in [1.54, 1.807) is 6.08 Å². The van der Waals surface area contributed by atoms with Gasteiger partial charge in [0, 0.05) is 11.8 Å². The van der Waals surface area contributed by atoms with Gasteiger partial charge in [0.25, 0.3) is 0 Å². The van der Waals surface area contributed by atoms with Crippen molar-refractivity contribution in [1.29, 1.82) is 0 Å². The number of rotatable bonds is 5. The molecule has 0 aromatic heterocycles. The third kappa shape index (κ3) is 4.12. The molecule has 1 aliphatic rings. The Bertz CT molecular complexity index is 663. The first-order chi connectivity index (χ1) is 11.2. The minimum atomic E-state index is -0.978. The molecule has 0 aliphatic carbocycles. The zero-order valence-corrected chi connectivity index (χ0v) is 15.3. The van der Waals surface area contributed by atoms with Crippen LogP contribution in [0.5, 0.6) is 0 Å². The Labute approximate surface area is 149 Å². The maximum atomic E-state index is 10.8. The molecule has 0 bridgehead atoms. The average Bonchev–Trinajstić information content (AvgIpc) is 2.71. The van der Waals surface area contributed by atoms with E-state index in [1.807, 2.05) is 58.0 Å². The number of thiol groups is 1. The Balaban J connectivity index is 2.34. The lowest BCUT2D eigenvalue weighted by atomic mass is 9.78. The van der Waals surface area contributed by atoms with Crippen LogP contribution >= 0.6 is 12.6 Å². The van der Waals surface area contributed by atoms with Crippen LogP contribution in [0.15, 0.2) is 35.8 Å². The Morgan fingerprint density at radius 3 is 2.21 bits per heavy atom. The van der Waals surface area contributed by atoms with Gasteiger partial charge in [0.15, 0.2) is 0 Å². The smallest absolute Gasteiger partial charge is 0.478 e. The van der Waals surface area contributed by atoms with Crippen LogP contribution in [0.2, 0.25) is 0 Å². The van der Waals surface area contributed by atoms with E-state index in [0.29, 0.717) is 5.75 Å².